The summed E-state index contributed by atoms with van der Waals surface area (Å²) in [6.07, 6.45) is 0. The summed E-state index contributed by atoms with van der Waals surface area (Å²) in [6, 6.07) is 4.26. The number of aryl methyl sites for hydroxylation is 3. The van der Waals surface area contributed by atoms with E-state index in [0.717, 1.165) is 16.9 Å². The van der Waals surface area contributed by atoms with Crippen LogP contribution in [-0.4, -0.2) is 18.6 Å². The molecule has 0 radical (unpaired) electrons. The third-order valence-corrected chi connectivity index (χ3v) is 2.40. The maximum Gasteiger partial charge on any atom is 0.258 e. The van der Waals surface area contributed by atoms with Crippen molar-refractivity contribution in [2.45, 2.75) is 40.7 Å². The van der Waals surface area contributed by atoms with Crippen LogP contribution in [0.1, 0.15) is 30.5 Å². The van der Waals surface area contributed by atoms with Crippen LogP contribution >= 0.6 is 0 Å². The average molecular weight is 235 g/mol. The highest BCUT2D eigenvalue weighted by molar-refractivity contribution is 5.77. The molecule has 0 aliphatic heterocycles. The maximum atomic E-state index is 11.5. The average Bonchev–Trinajstić information content (AvgIpc) is 2.14. The van der Waals surface area contributed by atoms with E-state index < -0.39 is 0 Å². The first-order valence-corrected chi connectivity index (χ1v) is 5.90. The van der Waals surface area contributed by atoms with Crippen LogP contribution in [0.4, 0.5) is 0 Å². The van der Waals surface area contributed by atoms with Gasteiger partial charge in [0.05, 0.1) is 0 Å². The van der Waals surface area contributed by atoms with Crippen LogP contribution in [0.25, 0.3) is 0 Å². The largest absolute Gasteiger partial charge is 0.483 e. The Balaban J connectivity index is 2.67. The minimum absolute atomic E-state index is 0.0723. The van der Waals surface area contributed by atoms with E-state index in [4.69, 9.17) is 4.74 Å². The second-order valence-electron chi connectivity index (χ2n) is 4.74. The number of nitrogens with one attached hydrogen (secondary N) is 1. The Hall–Kier alpha value is -1.51. The molecule has 1 N–H and O–H groups in total. The molecule has 1 aromatic rings. The molecule has 0 unspecified atom stereocenters. The van der Waals surface area contributed by atoms with Crippen LogP contribution in [0.15, 0.2) is 12.1 Å². The molecule has 0 saturated carbocycles. The zero-order valence-electron chi connectivity index (χ0n) is 11.3. The normalized spacial score (nSPS) is 10.5. The van der Waals surface area contributed by atoms with Gasteiger partial charge < -0.3 is 10.1 Å². The Morgan fingerprint density at radius 3 is 2.24 bits per heavy atom. The monoisotopic (exact) mass is 235 g/mol. The van der Waals surface area contributed by atoms with Gasteiger partial charge in [0.1, 0.15) is 5.75 Å². The fraction of sp³-hybridized carbons (Fsp3) is 0.500. The van der Waals surface area contributed by atoms with Crippen molar-refractivity contribution in [3.05, 3.63) is 28.8 Å². The van der Waals surface area contributed by atoms with E-state index in [1.807, 2.05) is 27.7 Å². The van der Waals surface area contributed by atoms with Gasteiger partial charge in [0.15, 0.2) is 6.61 Å². The van der Waals surface area contributed by atoms with Gasteiger partial charge in [0, 0.05) is 6.04 Å². The smallest absolute Gasteiger partial charge is 0.258 e. The molecule has 0 aromatic heterocycles. The Kier molecular flexibility index (Phi) is 4.55. The van der Waals surface area contributed by atoms with Crippen LogP contribution in [0, 0.1) is 20.8 Å². The van der Waals surface area contributed by atoms with Crippen molar-refractivity contribution < 1.29 is 9.53 Å². The minimum Gasteiger partial charge on any atom is -0.483 e. The van der Waals surface area contributed by atoms with Crippen molar-refractivity contribution in [2.24, 2.45) is 0 Å². The lowest BCUT2D eigenvalue weighted by molar-refractivity contribution is -0.123. The molecule has 3 nitrogen and oxygen atoms in total. The summed E-state index contributed by atoms with van der Waals surface area (Å²) in [7, 11) is 0. The zero-order valence-corrected chi connectivity index (χ0v) is 11.3. The fourth-order valence-electron chi connectivity index (χ4n) is 1.90. The first kappa shape index (κ1) is 13.6. The molecular formula is C14H21NO2. The molecular weight excluding hydrogens is 214 g/mol. The van der Waals surface area contributed by atoms with Crippen LogP contribution in [0.3, 0.4) is 0 Å². The summed E-state index contributed by atoms with van der Waals surface area (Å²) >= 11 is 0. The summed E-state index contributed by atoms with van der Waals surface area (Å²) in [5.41, 5.74) is 3.35. The molecule has 0 fully saturated rings. The summed E-state index contributed by atoms with van der Waals surface area (Å²) in [5, 5.41) is 2.80. The maximum absolute atomic E-state index is 11.5. The van der Waals surface area contributed by atoms with Crippen LogP contribution in [-0.2, 0) is 4.79 Å². The van der Waals surface area contributed by atoms with Gasteiger partial charge >= 0.3 is 0 Å². The van der Waals surface area contributed by atoms with Gasteiger partial charge in [-0.05, 0) is 45.7 Å². The molecule has 3 heteroatoms. The quantitative estimate of drug-likeness (QED) is 0.870. The van der Waals surface area contributed by atoms with Crippen molar-refractivity contribution in [1.82, 2.24) is 5.32 Å². The first-order valence-electron chi connectivity index (χ1n) is 5.90. The van der Waals surface area contributed by atoms with Crippen LogP contribution in [0.5, 0.6) is 5.75 Å². The number of carbonyl (C=O) groups excluding carboxylic acids is 1. The number of carbonyl (C=O) groups is 1. The predicted octanol–water partition coefficient (Wildman–Crippen LogP) is 2.52. The van der Waals surface area contributed by atoms with Crippen molar-refractivity contribution in [3.63, 3.8) is 0 Å². The van der Waals surface area contributed by atoms with Crippen LogP contribution in [0.2, 0.25) is 0 Å². The number of benzene rings is 1. The van der Waals surface area contributed by atoms with E-state index >= 15 is 0 Å². The van der Waals surface area contributed by atoms with Gasteiger partial charge in [-0.15, -0.1) is 0 Å². The zero-order chi connectivity index (χ0) is 13.0. The van der Waals surface area contributed by atoms with E-state index in [9.17, 15) is 4.79 Å². The molecule has 1 amide bonds. The highest BCUT2D eigenvalue weighted by atomic mass is 16.5. The number of rotatable bonds is 4. The second kappa shape index (κ2) is 5.71. The summed E-state index contributed by atoms with van der Waals surface area (Å²) in [6.45, 7) is 9.98. The SMILES string of the molecule is Cc1cc(C)c(OCC(=O)NC(C)C)c(C)c1. The third kappa shape index (κ3) is 4.10. The molecule has 0 bridgehead atoms. The lowest BCUT2D eigenvalue weighted by Crippen LogP contribution is -2.34. The van der Waals surface area contributed by atoms with Crippen molar-refractivity contribution >= 4 is 5.91 Å². The third-order valence-electron chi connectivity index (χ3n) is 2.40. The second-order valence-corrected chi connectivity index (χ2v) is 4.74. The predicted molar refractivity (Wildman–Crippen MR) is 69.4 cm³/mol. The highest BCUT2D eigenvalue weighted by Crippen LogP contribution is 2.24. The number of amides is 1. The molecule has 1 aromatic carbocycles. The van der Waals surface area contributed by atoms with E-state index in [2.05, 4.69) is 24.4 Å². The molecule has 0 heterocycles. The first-order chi connectivity index (χ1) is 7.90. The van der Waals surface area contributed by atoms with Gasteiger partial charge in [-0.25, -0.2) is 0 Å². The van der Waals surface area contributed by atoms with E-state index in [-0.39, 0.29) is 18.6 Å². The molecule has 1 rings (SSSR count). The molecule has 17 heavy (non-hydrogen) atoms. The van der Waals surface area contributed by atoms with E-state index in [1.54, 1.807) is 0 Å². The van der Waals surface area contributed by atoms with Crippen molar-refractivity contribution in [3.8, 4) is 5.75 Å². The molecule has 0 saturated heterocycles. The number of hydrogen-bond acceptors (Lipinski definition) is 2. The summed E-state index contributed by atoms with van der Waals surface area (Å²) in [4.78, 5) is 11.5. The van der Waals surface area contributed by atoms with Crippen molar-refractivity contribution in [1.29, 1.82) is 0 Å². The van der Waals surface area contributed by atoms with E-state index in [0.29, 0.717) is 0 Å². The summed E-state index contributed by atoms with van der Waals surface area (Å²) < 4.78 is 5.57. The Labute approximate surface area is 103 Å². The van der Waals surface area contributed by atoms with Gasteiger partial charge in [0.2, 0.25) is 0 Å². The number of ether oxygens (including phenoxy) is 1. The molecule has 0 atom stereocenters. The van der Waals surface area contributed by atoms with Gasteiger partial charge in [-0.3, -0.25) is 4.79 Å². The van der Waals surface area contributed by atoms with E-state index in [1.165, 1.54) is 5.56 Å². The van der Waals surface area contributed by atoms with Gasteiger partial charge in [0.25, 0.3) is 5.91 Å². The fourth-order valence-corrected chi connectivity index (χ4v) is 1.90. The summed E-state index contributed by atoms with van der Waals surface area (Å²) in [5.74, 6) is 0.730. The topological polar surface area (TPSA) is 38.3 Å². The Morgan fingerprint density at radius 2 is 1.76 bits per heavy atom. The van der Waals surface area contributed by atoms with Gasteiger partial charge in [-0.2, -0.15) is 0 Å². The molecule has 0 spiro atoms. The lowest BCUT2D eigenvalue weighted by atomic mass is 10.1. The van der Waals surface area contributed by atoms with Crippen LogP contribution < -0.4 is 10.1 Å². The van der Waals surface area contributed by atoms with Gasteiger partial charge in [-0.1, -0.05) is 17.7 Å². The minimum atomic E-state index is -0.0839. The Bertz CT molecular complexity index is 388. The number of hydrogen-bond donors (Lipinski definition) is 1. The highest BCUT2D eigenvalue weighted by Gasteiger charge is 2.08. The standard InChI is InChI=1S/C14H21NO2/c1-9(2)15-13(16)8-17-14-11(4)6-10(3)7-12(14)5/h6-7,9H,8H2,1-5H3,(H,15,16). The lowest BCUT2D eigenvalue weighted by Gasteiger charge is -2.14. The Morgan fingerprint density at radius 1 is 1.24 bits per heavy atom. The molecule has 94 valence electrons. The molecule has 0 aliphatic rings. The van der Waals surface area contributed by atoms with Crippen molar-refractivity contribution in [2.75, 3.05) is 6.61 Å². The molecule has 0 aliphatic carbocycles.